The number of nitrogens with zero attached hydrogens (tertiary/aromatic N) is 2. The molecule has 0 atom stereocenters. The standard InChI is InChI=1S/C25H22N4O4/c30-19-11-6-8-17(16-19)23(31)26-14-7-15-27-24(32)22-20-12-4-5-13-21(20)25(33)29(28-22)18-9-2-1-3-10-18/h1-6,8-13,16,30H,7,14-15H2,(H,26,31)(H,27,32). The van der Waals surface area contributed by atoms with E-state index in [-0.39, 0.29) is 22.9 Å². The number of carbonyl (C=O) groups is 2. The molecule has 3 N–H and O–H groups in total. The number of phenols is 1. The van der Waals surface area contributed by atoms with Crippen LogP contribution in [0.3, 0.4) is 0 Å². The predicted molar refractivity (Wildman–Crippen MR) is 125 cm³/mol. The zero-order chi connectivity index (χ0) is 23.2. The number of amides is 2. The number of aromatic nitrogens is 2. The molecule has 4 aromatic rings. The van der Waals surface area contributed by atoms with Crippen molar-refractivity contribution in [3.63, 3.8) is 0 Å². The number of aromatic hydroxyl groups is 1. The SMILES string of the molecule is O=C(NCCCNC(=O)c1nn(-c2ccccc2)c(=O)c2ccccc12)c1cccc(O)c1. The minimum atomic E-state index is -0.407. The van der Waals surface area contributed by atoms with E-state index < -0.39 is 5.91 Å². The molecule has 33 heavy (non-hydrogen) atoms. The maximum absolute atomic E-state index is 12.9. The van der Waals surface area contributed by atoms with Gasteiger partial charge in [0.25, 0.3) is 17.4 Å². The monoisotopic (exact) mass is 442 g/mol. The number of hydrogen-bond donors (Lipinski definition) is 3. The van der Waals surface area contributed by atoms with Crippen molar-refractivity contribution in [1.82, 2.24) is 20.4 Å². The van der Waals surface area contributed by atoms with E-state index in [1.807, 2.05) is 6.07 Å². The van der Waals surface area contributed by atoms with E-state index >= 15 is 0 Å². The van der Waals surface area contributed by atoms with Gasteiger partial charge in [0.2, 0.25) is 0 Å². The third-order valence-electron chi connectivity index (χ3n) is 5.05. The molecule has 0 aliphatic heterocycles. The van der Waals surface area contributed by atoms with Gasteiger partial charge in [0, 0.05) is 24.0 Å². The van der Waals surface area contributed by atoms with Gasteiger partial charge in [-0.05, 0) is 42.8 Å². The van der Waals surface area contributed by atoms with Gasteiger partial charge >= 0.3 is 0 Å². The Hall–Kier alpha value is -4.46. The Bertz CT molecular complexity index is 1370. The fourth-order valence-corrected chi connectivity index (χ4v) is 3.43. The average molecular weight is 442 g/mol. The molecular weight excluding hydrogens is 420 g/mol. The molecule has 2 amide bonds. The summed E-state index contributed by atoms with van der Waals surface area (Å²) < 4.78 is 1.23. The summed E-state index contributed by atoms with van der Waals surface area (Å²) in [6.07, 6.45) is 0.493. The first kappa shape index (κ1) is 21.8. The van der Waals surface area contributed by atoms with Crippen molar-refractivity contribution in [3.05, 3.63) is 100 Å². The molecule has 0 unspecified atom stereocenters. The van der Waals surface area contributed by atoms with Gasteiger partial charge in [0.1, 0.15) is 5.75 Å². The molecule has 0 spiro atoms. The van der Waals surface area contributed by atoms with E-state index in [9.17, 15) is 19.5 Å². The summed E-state index contributed by atoms with van der Waals surface area (Å²) in [5, 5.41) is 20.2. The van der Waals surface area contributed by atoms with Crippen molar-refractivity contribution in [2.75, 3.05) is 13.1 Å². The van der Waals surface area contributed by atoms with Gasteiger partial charge in [-0.25, -0.2) is 0 Å². The van der Waals surface area contributed by atoms with Crippen molar-refractivity contribution in [3.8, 4) is 11.4 Å². The van der Waals surface area contributed by atoms with Gasteiger partial charge in [0.05, 0.1) is 11.1 Å². The van der Waals surface area contributed by atoms with Gasteiger partial charge in [-0.1, -0.05) is 42.5 Å². The normalized spacial score (nSPS) is 10.7. The molecule has 8 heteroatoms. The van der Waals surface area contributed by atoms with Crippen LogP contribution in [0.5, 0.6) is 5.75 Å². The van der Waals surface area contributed by atoms with Gasteiger partial charge in [-0.3, -0.25) is 14.4 Å². The van der Waals surface area contributed by atoms with Crippen LogP contribution in [0.1, 0.15) is 27.3 Å². The summed E-state index contributed by atoms with van der Waals surface area (Å²) in [7, 11) is 0. The number of fused-ring (bicyclic) bond motifs is 1. The van der Waals surface area contributed by atoms with E-state index in [1.54, 1.807) is 60.7 Å². The minimum absolute atomic E-state index is 0.0199. The molecule has 0 saturated carbocycles. The minimum Gasteiger partial charge on any atom is -0.508 e. The summed E-state index contributed by atoms with van der Waals surface area (Å²) in [5.74, 6) is -0.693. The fourth-order valence-electron chi connectivity index (χ4n) is 3.43. The highest BCUT2D eigenvalue weighted by Gasteiger charge is 2.17. The lowest BCUT2D eigenvalue weighted by molar-refractivity contribution is 0.0948. The van der Waals surface area contributed by atoms with Crippen molar-refractivity contribution in [2.45, 2.75) is 6.42 Å². The number of benzene rings is 3. The van der Waals surface area contributed by atoms with Crippen molar-refractivity contribution in [2.24, 2.45) is 0 Å². The van der Waals surface area contributed by atoms with Crippen LogP contribution in [0, 0.1) is 0 Å². The summed E-state index contributed by atoms with van der Waals surface area (Å²) in [4.78, 5) is 37.9. The van der Waals surface area contributed by atoms with Crippen molar-refractivity contribution in [1.29, 1.82) is 0 Å². The van der Waals surface area contributed by atoms with Crippen LogP contribution in [-0.4, -0.2) is 39.8 Å². The maximum atomic E-state index is 12.9. The second kappa shape index (κ2) is 9.78. The van der Waals surface area contributed by atoms with Crippen molar-refractivity contribution < 1.29 is 14.7 Å². The number of phenolic OH excluding ortho intramolecular Hbond substituents is 1. The van der Waals surface area contributed by atoms with E-state index in [4.69, 9.17) is 0 Å². The highest BCUT2D eigenvalue weighted by molar-refractivity contribution is 6.04. The maximum Gasteiger partial charge on any atom is 0.279 e. The number of nitrogens with one attached hydrogen (secondary N) is 2. The van der Waals surface area contributed by atoms with Crippen molar-refractivity contribution >= 4 is 22.6 Å². The molecule has 0 bridgehead atoms. The zero-order valence-corrected chi connectivity index (χ0v) is 17.7. The molecular formula is C25H22N4O4. The van der Waals surface area contributed by atoms with Gasteiger partial charge in [-0.15, -0.1) is 0 Å². The molecule has 1 aromatic heterocycles. The highest BCUT2D eigenvalue weighted by Crippen LogP contribution is 2.15. The van der Waals surface area contributed by atoms with E-state index in [0.717, 1.165) is 0 Å². The third kappa shape index (κ3) is 4.90. The number of para-hydroxylation sites is 1. The Morgan fingerprint density at radius 3 is 2.21 bits per heavy atom. The molecule has 0 aliphatic rings. The molecule has 166 valence electrons. The van der Waals surface area contributed by atoms with E-state index in [2.05, 4.69) is 15.7 Å². The first-order valence-electron chi connectivity index (χ1n) is 10.5. The lowest BCUT2D eigenvalue weighted by Gasteiger charge is -2.11. The number of carbonyl (C=O) groups excluding carboxylic acids is 2. The van der Waals surface area contributed by atoms with E-state index in [1.165, 1.54) is 16.8 Å². The second-order valence-corrected chi connectivity index (χ2v) is 7.36. The first-order chi connectivity index (χ1) is 16.0. The van der Waals surface area contributed by atoms with E-state index in [0.29, 0.717) is 41.5 Å². The number of hydrogen-bond acceptors (Lipinski definition) is 5. The van der Waals surface area contributed by atoms with Crippen LogP contribution in [0.2, 0.25) is 0 Å². The van der Waals surface area contributed by atoms with Crippen LogP contribution >= 0.6 is 0 Å². The molecule has 0 aliphatic carbocycles. The Balaban J connectivity index is 1.44. The van der Waals surface area contributed by atoms with Gasteiger partial charge in [0.15, 0.2) is 5.69 Å². The summed E-state index contributed by atoms with van der Waals surface area (Å²) in [6.45, 7) is 0.645. The lowest BCUT2D eigenvalue weighted by Crippen LogP contribution is -2.32. The lowest BCUT2D eigenvalue weighted by atomic mass is 10.1. The summed E-state index contributed by atoms with van der Waals surface area (Å²) >= 11 is 0. The number of rotatable bonds is 7. The second-order valence-electron chi connectivity index (χ2n) is 7.36. The van der Waals surface area contributed by atoms with Crippen LogP contribution in [0.15, 0.2) is 83.7 Å². The Labute approximate surface area is 189 Å². The largest absolute Gasteiger partial charge is 0.508 e. The molecule has 4 rings (SSSR count). The van der Waals surface area contributed by atoms with Crippen LogP contribution in [0.4, 0.5) is 0 Å². The Morgan fingerprint density at radius 2 is 1.48 bits per heavy atom. The molecule has 8 nitrogen and oxygen atoms in total. The van der Waals surface area contributed by atoms with Crippen LogP contribution in [0.25, 0.3) is 16.5 Å². The average Bonchev–Trinajstić information content (AvgIpc) is 2.84. The Morgan fingerprint density at radius 1 is 0.818 bits per heavy atom. The molecule has 0 saturated heterocycles. The molecule has 3 aromatic carbocycles. The predicted octanol–water partition coefficient (Wildman–Crippen LogP) is 2.64. The molecule has 0 fully saturated rings. The highest BCUT2D eigenvalue weighted by atomic mass is 16.3. The Kier molecular flexibility index (Phi) is 6.45. The van der Waals surface area contributed by atoms with Gasteiger partial charge in [-0.2, -0.15) is 9.78 Å². The fraction of sp³-hybridized carbons (Fsp3) is 0.120. The molecule has 1 heterocycles. The topological polar surface area (TPSA) is 113 Å². The quantitative estimate of drug-likeness (QED) is 0.381. The summed E-state index contributed by atoms with van der Waals surface area (Å²) in [5.41, 5.74) is 0.774. The molecule has 0 radical (unpaired) electrons. The van der Waals surface area contributed by atoms with Crippen LogP contribution < -0.4 is 16.2 Å². The van der Waals surface area contributed by atoms with Gasteiger partial charge < -0.3 is 15.7 Å². The first-order valence-corrected chi connectivity index (χ1v) is 10.5. The third-order valence-corrected chi connectivity index (χ3v) is 5.05. The summed E-state index contributed by atoms with van der Waals surface area (Å²) in [6, 6.07) is 21.9. The van der Waals surface area contributed by atoms with Crippen LogP contribution in [-0.2, 0) is 0 Å². The zero-order valence-electron chi connectivity index (χ0n) is 17.7. The smallest absolute Gasteiger partial charge is 0.279 e.